The first kappa shape index (κ1) is 17.8. The van der Waals surface area contributed by atoms with Gasteiger partial charge in [-0.1, -0.05) is 11.6 Å². The molecule has 1 amide bonds. The predicted molar refractivity (Wildman–Crippen MR) is 78.5 cm³/mol. The van der Waals surface area contributed by atoms with E-state index in [9.17, 15) is 4.79 Å². The van der Waals surface area contributed by atoms with Crippen molar-refractivity contribution in [1.29, 1.82) is 0 Å². The minimum absolute atomic E-state index is 0. The summed E-state index contributed by atoms with van der Waals surface area (Å²) in [7, 11) is 1.47. The van der Waals surface area contributed by atoms with E-state index in [0.717, 1.165) is 0 Å². The summed E-state index contributed by atoms with van der Waals surface area (Å²) >= 11 is 5.89. The summed E-state index contributed by atoms with van der Waals surface area (Å²) in [5.74, 6) is 0.124. The highest BCUT2D eigenvalue weighted by molar-refractivity contribution is 6.33. The van der Waals surface area contributed by atoms with E-state index in [2.05, 4.69) is 5.32 Å². The molecule has 1 aromatic rings. The van der Waals surface area contributed by atoms with Crippen molar-refractivity contribution < 1.29 is 14.3 Å². The van der Waals surface area contributed by atoms with Gasteiger partial charge in [0.1, 0.15) is 5.75 Å². The van der Waals surface area contributed by atoms with Gasteiger partial charge >= 0.3 is 0 Å². The molecule has 19 heavy (non-hydrogen) atoms. The van der Waals surface area contributed by atoms with E-state index in [1.165, 1.54) is 19.2 Å². The van der Waals surface area contributed by atoms with Gasteiger partial charge in [0.2, 0.25) is 0 Å². The zero-order valence-corrected chi connectivity index (χ0v) is 12.4. The number of ether oxygens (including phenoxy) is 2. The van der Waals surface area contributed by atoms with E-state index in [0.29, 0.717) is 41.8 Å². The molecule has 5 nitrogen and oxygen atoms in total. The second-order valence-electron chi connectivity index (χ2n) is 3.53. The van der Waals surface area contributed by atoms with Crippen LogP contribution in [0.5, 0.6) is 5.75 Å². The summed E-state index contributed by atoms with van der Waals surface area (Å²) in [5, 5.41) is 3.04. The highest BCUT2D eigenvalue weighted by Gasteiger charge is 2.14. The normalized spacial score (nSPS) is 9.63. The Balaban J connectivity index is 0.00000324. The fraction of sp³-hybridized carbons (Fsp3) is 0.417. The first-order valence-corrected chi connectivity index (χ1v) is 5.96. The van der Waals surface area contributed by atoms with Crippen molar-refractivity contribution in [3.05, 3.63) is 22.7 Å². The van der Waals surface area contributed by atoms with Crippen LogP contribution in [0.15, 0.2) is 12.1 Å². The van der Waals surface area contributed by atoms with Gasteiger partial charge in [-0.15, -0.1) is 12.4 Å². The second kappa shape index (κ2) is 8.85. The van der Waals surface area contributed by atoms with Crippen molar-refractivity contribution in [2.45, 2.75) is 6.92 Å². The Labute approximate surface area is 123 Å². The Hall–Kier alpha value is -1.17. The van der Waals surface area contributed by atoms with Crippen LogP contribution in [0.25, 0.3) is 0 Å². The average molecular weight is 309 g/mol. The standard InChI is InChI=1S/C12H17ClN2O3.ClH/c1-3-18-5-4-15-12(16)8-6-9(13)10(14)7-11(8)17-2;/h6-7H,3-5,14H2,1-2H3,(H,15,16);1H. The molecule has 0 aliphatic carbocycles. The Morgan fingerprint density at radius 1 is 1.47 bits per heavy atom. The molecular formula is C12H18Cl2N2O3. The molecule has 0 saturated carbocycles. The van der Waals surface area contributed by atoms with E-state index in [4.69, 9.17) is 26.8 Å². The number of methoxy groups -OCH3 is 1. The molecule has 0 aromatic heterocycles. The number of nitrogens with two attached hydrogens (primary N) is 1. The first-order valence-electron chi connectivity index (χ1n) is 5.59. The number of hydrogen-bond acceptors (Lipinski definition) is 4. The lowest BCUT2D eigenvalue weighted by atomic mass is 10.1. The van der Waals surface area contributed by atoms with Gasteiger partial charge in [0.15, 0.2) is 0 Å². The molecule has 1 rings (SSSR count). The van der Waals surface area contributed by atoms with E-state index in [1.54, 1.807) is 0 Å². The molecule has 0 aliphatic heterocycles. The summed E-state index contributed by atoms with van der Waals surface area (Å²) in [6, 6.07) is 3.02. The summed E-state index contributed by atoms with van der Waals surface area (Å²) < 4.78 is 10.2. The average Bonchev–Trinajstić information content (AvgIpc) is 2.37. The van der Waals surface area contributed by atoms with Crippen molar-refractivity contribution in [2.24, 2.45) is 0 Å². The smallest absolute Gasteiger partial charge is 0.255 e. The quantitative estimate of drug-likeness (QED) is 0.623. The highest BCUT2D eigenvalue weighted by Crippen LogP contribution is 2.28. The highest BCUT2D eigenvalue weighted by atomic mass is 35.5. The molecule has 0 heterocycles. The minimum Gasteiger partial charge on any atom is -0.496 e. The number of benzene rings is 1. The zero-order chi connectivity index (χ0) is 13.5. The van der Waals surface area contributed by atoms with Crippen LogP contribution >= 0.6 is 24.0 Å². The molecule has 0 atom stereocenters. The molecule has 0 unspecified atom stereocenters. The lowest BCUT2D eigenvalue weighted by Crippen LogP contribution is -2.27. The molecule has 1 aromatic carbocycles. The largest absolute Gasteiger partial charge is 0.496 e. The van der Waals surface area contributed by atoms with E-state index < -0.39 is 0 Å². The van der Waals surface area contributed by atoms with Crippen LogP contribution in [0.1, 0.15) is 17.3 Å². The number of halogens is 2. The van der Waals surface area contributed by atoms with Gasteiger partial charge in [-0.25, -0.2) is 0 Å². The number of carbonyl (C=O) groups excluding carboxylic acids is 1. The predicted octanol–water partition coefficient (Wildman–Crippen LogP) is 2.12. The molecule has 0 aliphatic rings. The summed E-state index contributed by atoms with van der Waals surface area (Å²) in [5.41, 5.74) is 6.37. The molecule has 0 fully saturated rings. The van der Waals surface area contributed by atoms with Crippen LogP contribution in [0.2, 0.25) is 5.02 Å². The molecule has 0 spiro atoms. The Bertz CT molecular complexity index is 428. The number of amides is 1. The van der Waals surface area contributed by atoms with E-state index in [1.807, 2.05) is 6.92 Å². The van der Waals surface area contributed by atoms with Crippen LogP contribution in [0.3, 0.4) is 0 Å². The van der Waals surface area contributed by atoms with Gasteiger partial charge in [-0.05, 0) is 13.0 Å². The maximum atomic E-state index is 11.9. The van der Waals surface area contributed by atoms with Gasteiger partial charge in [0.25, 0.3) is 5.91 Å². The van der Waals surface area contributed by atoms with Gasteiger partial charge < -0.3 is 20.5 Å². The minimum atomic E-state index is -0.270. The molecule has 7 heteroatoms. The SMILES string of the molecule is CCOCCNC(=O)c1cc(Cl)c(N)cc1OC.Cl. The molecular weight excluding hydrogens is 291 g/mol. The lowest BCUT2D eigenvalue weighted by molar-refractivity contribution is 0.0919. The second-order valence-corrected chi connectivity index (χ2v) is 3.93. The van der Waals surface area contributed by atoms with Crippen LogP contribution in [0.4, 0.5) is 5.69 Å². The number of anilines is 1. The number of rotatable bonds is 6. The summed E-state index contributed by atoms with van der Waals surface area (Å²) in [6.45, 7) is 3.41. The third-order valence-electron chi connectivity index (χ3n) is 2.30. The molecule has 0 saturated heterocycles. The maximum absolute atomic E-state index is 11.9. The monoisotopic (exact) mass is 308 g/mol. The van der Waals surface area contributed by atoms with E-state index in [-0.39, 0.29) is 18.3 Å². The Morgan fingerprint density at radius 3 is 2.74 bits per heavy atom. The summed E-state index contributed by atoms with van der Waals surface area (Å²) in [4.78, 5) is 11.9. The fourth-order valence-corrected chi connectivity index (χ4v) is 1.56. The topological polar surface area (TPSA) is 73.6 Å². The number of nitrogens with one attached hydrogen (secondary N) is 1. The lowest BCUT2D eigenvalue weighted by Gasteiger charge is -2.11. The third kappa shape index (κ3) is 5.14. The van der Waals surface area contributed by atoms with Crippen molar-refractivity contribution in [2.75, 3.05) is 32.6 Å². The molecule has 0 radical (unpaired) electrons. The van der Waals surface area contributed by atoms with Crippen LogP contribution in [0, 0.1) is 0 Å². The van der Waals surface area contributed by atoms with E-state index >= 15 is 0 Å². The van der Waals surface area contributed by atoms with Gasteiger partial charge in [0.05, 0.1) is 30.0 Å². The number of hydrogen-bond donors (Lipinski definition) is 2. The van der Waals surface area contributed by atoms with Crippen molar-refractivity contribution in [3.8, 4) is 5.75 Å². The summed E-state index contributed by atoms with van der Waals surface area (Å²) in [6.07, 6.45) is 0. The number of carbonyl (C=O) groups is 1. The van der Waals surface area contributed by atoms with Gasteiger partial charge in [-0.2, -0.15) is 0 Å². The van der Waals surface area contributed by atoms with Crippen LogP contribution in [-0.4, -0.2) is 32.8 Å². The van der Waals surface area contributed by atoms with Crippen molar-refractivity contribution >= 4 is 35.6 Å². The number of nitrogen functional groups attached to an aromatic ring is 1. The van der Waals surface area contributed by atoms with Gasteiger partial charge in [0, 0.05) is 19.2 Å². The fourth-order valence-electron chi connectivity index (χ4n) is 1.39. The molecule has 3 N–H and O–H groups in total. The van der Waals surface area contributed by atoms with Crippen molar-refractivity contribution in [1.82, 2.24) is 5.32 Å². The zero-order valence-electron chi connectivity index (χ0n) is 10.9. The first-order chi connectivity index (χ1) is 8.60. The molecule has 0 bridgehead atoms. The Kier molecular flexibility index (Phi) is 8.30. The third-order valence-corrected chi connectivity index (χ3v) is 2.63. The van der Waals surface area contributed by atoms with Gasteiger partial charge in [-0.3, -0.25) is 4.79 Å². The van der Waals surface area contributed by atoms with Crippen molar-refractivity contribution in [3.63, 3.8) is 0 Å². The van der Waals surface area contributed by atoms with Crippen LogP contribution in [-0.2, 0) is 4.74 Å². The Morgan fingerprint density at radius 2 is 2.16 bits per heavy atom. The maximum Gasteiger partial charge on any atom is 0.255 e. The van der Waals surface area contributed by atoms with Crippen LogP contribution < -0.4 is 15.8 Å². The molecule has 108 valence electrons.